The maximum Gasteiger partial charge on any atom is 0.143 e. The Bertz CT molecular complexity index is 3300. The van der Waals surface area contributed by atoms with Gasteiger partial charge in [0.1, 0.15) is 11.2 Å². The molecule has 292 valence electrons. The van der Waals surface area contributed by atoms with Crippen molar-refractivity contribution in [1.82, 2.24) is 0 Å². The number of nitrogens with zero attached hydrogens (tertiary/aromatic N) is 1. The van der Waals surface area contributed by atoms with Crippen molar-refractivity contribution in [2.45, 2.75) is 44.9 Å². The molecule has 0 unspecified atom stereocenters. The van der Waals surface area contributed by atoms with Crippen LogP contribution >= 0.6 is 0 Å². The molecule has 0 saturated heterocycles. The van der Waals surface area contributed by atoms with Crippen LogP contribution in [0.3, 0.4) is 0 Å². The average molecular weight is 784 g/mol. The molecule has 0 saturated carbocycles. The third-order valence-electron chi connectivity index (χ3n) is 13.6. The van der Waals surface area contributed by atoms with Gasteiger partial charge in [-0.2, -0.15) is 0 Å². The first kappa shape index (κ1) is 35.8. The standard InChI is InChI=1S/C59H45NO/c1-59(2)54-21-11-10-19-48(54)49-34-32-45(36-55(49)59)60(56-22-12-16-41-15-6-7-17-46(41)56)44-30-27-42(28-31-44)52-37-53-50-33-29-43(35-57(50)61-58(53)51-20-9-8-18-47(51)52)40-25-23-39(24-26-40)38-13-4-3-5-14-38/h3-5,7-11,13-14,17-37H,6,12,15-16H2,1-2H3. The number of anilines is 2. The summed E-state index contributed by atoms with van der Waals surface area (Å²) in [6.07, 6.45) is 11.7. The van der Waals surface area contributed by atoms with Crippen LogP contribution in [0, 0.1) is 0 Å². The second-order valence-corrected chi connectivity index (χ2v) is 17.5. The Morgan fingerprint density at radius 3 is 1.97 bits per heavy atom. The maximum absolute atomic E-state index is 6.77. The Kier molecular flexibility index (Phi) is 8.19. The van der Waals surface area contributed by atoms with Gasteiger partial charge in [0.2, 0.25) is 0 Å². The molecule has 61 heavy (non-hydrogen) atoms. The summed E-state index contributed by atoms with van der Waals surface area (Å²) in [7, 11) is 0. The molecular formula is C59H45NO. The predicted octanol–water partition coefficient (Wildman–Crippen LogP) is 16.5. The Labute approximate surface area is 357 Å². The second kappa shape index (κ2) is 14.0. The van der Waals surface area contributed by atoms with E-state index >= 15 is 0 Å². The van der Waals surface area contributed by atoms with Crippen molar-refractivity contribution in [2.75, 3.05) is 4.90 Å². The zero-order valence-electron chi connectivity index (χ0n) is 34.6. The molecule has 9 aromatic rings. The van der Waals surface area contributed by atoms with Gasteiger partial charge in [-0.15, -0.1) is 0 Å². The lowest BCUT2D eigenvalue weighted by molar-refractivity contribution is 0.660. The van der Waals surface area contributed by atoms with E-state index in [2.05, 4.69) is 207 Å². The molecule has 12 rings (SSSR count). The van der Waals surface area contributed by atoms with Crippen LogP contribution in [0.5, 0.6) is 0 Å². The van der Waals surface area contributed by atoms with E-state index in [-0.39, 0.29) is 5.41 Å². The van der Waals surface area contributed by atoms with Crippen molar-refractivity contribution in [3.8, 4) is 44.5 Å². The number of benzene rings is 8. The molecule has 0 atom stereocenters. The van der Waals surface area contributed by atoms with E-state index in [1.54, 1.807) is 5.57 Å². The molecule has 0 N–H and O–H groups in total. The van der Waals surface area contributed by atoms with Crippen LogP contribution in [-0.4, -0.2) is 0 Å². The molecular weight excluding hydrogens is 739 g/mol. The fourth-order valence-corrected chi connectivity index (χ4v) is 10.5. The van der Waals surface area contributed by atoms with E-state index in [9.17, 15) is 0 Å². The van der Waals surface area contributed by atoms with Gasteiger partial charge in [0.15, 0.2) is 0 Å². The van der Waals surface area contributed by atoms with Crippen LogP contribution in [-0.2, 0) is 5.41 Å². The molecule has 0 amide bonds. The van der Waals surface area contributed by atoms with Crippen LogP contribution in [0.2, 0.25) is 0 Å². The average Bonchev–Trinajstić information content (AvgIpc) is 3.80. The van der Waals surface area contributed by atoms with Crippen molar-refractivity contribution in [3.05, 3.63) is 216 Å². The van der Waals surface area contributed by atoms with Crippen LogP contribution in [0.1, 0.15) is 50.7 Å². The fourth-order valence-electron chi connectivity index (χ4n) is 10.5. The van der Waals surface area contributed by atoms with Crippen molar-refractivity contribution in [2.24, 2.45) is 0 Å². The summed E-state index contributed by atoms with van der Waals surface area (Å²) < 4.78 is 6.77. The van der Waals surface area contributed by atoms with Gasteiger partial charge in [-0.3, -0.25) is 0 Å². The van der Waals surface area contributed by atoms with Crippen molar-refractivity contribution < 1.29 is 4.42 Å². The molecule has 8 aromatic carbocycles. The predicted molar refractivity (Wildman–Crippen MR) is 256 cm³/mol. The second-order valence-electron chi connectivity index (χ2n) is 17.5. The van der Waals surface area contributed by atoms with Gasteiger partial charge in [0.05, 0.1) is 0 Å². The van der Waals surface area contributed by atoms with Crippen molar-refractivity contribution in [3.63, 3.8) is 0 Å². The van der Waals surface area contributed by atoms with Gasteiger partial charge in [0.25, 0.3) is 0 Å². The maximum atomic E-state index is 6.77. The van der Waals surface area contributed by atoms with Crippen LogP contribution < -0.4 is 4.90 Å². The van der Waals surface area contributed by atoms with Gasteiger partial charge >= 0.3 is 0 Å². The molecule has 2 heteroatoms. The third-order valence-corrected chi connectivity index (χ3v) is 13.6. The topological polar surface area (TPSA) is 16.4 Å². The quantitative estimate of drug-likeness (QED) is 0.167. The van der Waals surface area contributed by atoms with E-state index in [1.807, 2.05) is 0 Å². The summed E-state index contributed by atoms with van der Waals surface area (Å²) in [5.41, 5.74) is 21.0. The number of furan rings is 1. The molecule has 0 aliphatic heterocycles. The van der Waals surface area contributed by atoms with Gasteiger partial charge in [-0.25, -0.2) is 0 Å². The Hall–Kier alpha value is -7.16. The van der Waals surface area contributed by atoms with E-state index in [1.165, 1.54) is 78.1 Å². The molecule has 0 spiro atoms. The highest BCUT2D eigenvalue weighted by Gasteiger charge is 2.36. The Balaban J connectivity index is 0.950. The SMILES string of the molecule is CC1(C)c2ccccc2-c2ccc(N(C3=CCCC4=C3C=CCC4)c3ccc(-c4cc5c6ccc(-c7ccc(-c8ccccc8)cc7)cc6oc5c5ccccc45)cc3)cc21. The number of hydrogen-bond donors (Lipinski definition) is 0. The minimum atomic E-state index is -0.0831. The lowest BCUT2D eigenvalue weighted by atomic mass is 9.82. The summed E-state index contributed by atoms with van der Waals surface area (Å²) in [4.78, 5) is 2.52. The number of hydrogen-bond acceptors (Lipinski definition) is 2. The zero-order valence-corrected chi connectivity index (χ0v) is 34.6. The minimum Gasteiger partial charge on any atom is -0.455 e. The molecule has 3 aliphatic rings. The molecule has 1 heterocycles. The molecule has 1 aromatic heterocycles. The highest BCUT2D eigenvalue weighted by atomic mass is 16.3. The van der Waals surface area contributed by atoms with E-state index in [0.29, 0.717) is 0 Å². The highest BCUT2D eigenvalue weighted by molar-refractivity contribution is 6.19. The molecule has 3 aliphatic carbocycles. The number of fused-ring (bicyclic) bond motifs is 8. The number of allylic oxidation sites excluding steroid dienone is 4. The van der Waals surface area contributed by atoms with Crippen molar-refractivity contribution in [1.29, 1.82) is 0 Å². The summed E-state index contributed by atoms with van der Waals surface area (Å²) in [5.74, 6) is 0. The monoisotopic (exact) mass is 783 g/mol. The molecule has 0 fully saturated rings. The third kappa shape index (κ3) is 5.77. The van der Waals surface area contributed by atoms with Crippen LogP contribution in [0.25, 0.3) is 77.2 Å². The van der Waals surface area contributed by atoms with Crippen LogP contribution in [0.15, 0.2) is 209 Å². The summed E-state index contributed by atoms with van der Waals surface area (Å²) >= 11 is 0. The van der Waals surface area contributed by atoms with E-state index in [0.717, 1.165) is 58.6 Å². The summed E-state index contributed by atoms with van der Waals surface area (Å²) in [6.45, 7) is 4.75. The van der Waals surface area contributed by atoms with Gasteiger partial charge in [-0.1, -0.05) is 165 Å². The molecule has 0 radical (unpaired) electrons. The van der Waals surface area contributed by atoms with Crippen LogP contribution in [0.4, 0.5) is 11.4 Å². The van der Waals surface area contributed by atoms with E-state index in [4.69, 9.17) is 4.42 Å². The fraction of sp³-hybridized carbons (Fsp3) is 0.119. The Morgan fingerprint density at radius 1 is 0.475 bits per heavy atom. The van der Waals surface area contributed by atoms with Gasteiger partial charge in [-0.05, 0) is 135 Å². The van der Waals surface area contributed by atoms with Gasteiger partial charge < -0.3 is 9.32 Å². The smallest absolute Gasteiger partial charge is 0.143 e. The highest BCUT2D eigenvalue weighted by Crippen LogP contribution is 2.51. The molecule has 2 nitrogen and oxygen atoms in total. The zero-order chi connectivity index (χ0) is 40.7. The van der Waals surface area contributed by atoms with Crippen molar-refractivity contribution >= 4 is 44.1 Å². The normalized spacial score (nSPS) is 15.2. The first-order valence-electron chi connectivity index (χ1n) is 21.8. The first-order chi connectivity index (χ1) is 30.0. The number of rotatable bonds is 6. The minimum absolute atomic E-state index is 0.0831. The lowest BCUT2D eigenvalue weighted by Crippen LogP contribution is -2.22. The van der Waals surface area contributed by atoms with E-state index < -0.39 is 0 Å². The summed E-state index contributed by atoms with van der Waals surface area (Å²) in [5, 5.41) is 4.58. The first-order valence-corrected chi connectivity index (χ1v) is 21.8. The lowest BCUT2D eigenvalue weighted by Gasteiger charge is -2.34. The molecule has 0 bridgehead atoms. The Morgan fingerprint density at radius 2 is 1.13 bits per heavy atom. The summed E-state index contributed by atoms with van der Waals surface area (Å²) in [6, 6.07) is 62.4. The van der Waals surface area contributed by atoms with Gasteiger partial charge in [0, 0.05) is 38.6 Å². The largest absolute Gasteiger partial charge is 0.455 e.